The molecule has 0 saturated carbocycles. The summed E-state index contributed by atoms with van der Waals surface area (Å²) >= 11 is 0. The molecule has 7 aromatic rings. The van der Waals surface area contributed by atoms with Crippen LogP contribution >= 0.6 is 15.6 Å². The van der Waals surface area contributed by atoms with Gasteiger partial charge in [-0.25, -0.2) is 9.67 Å². The van der Waals surface area contributed by atoms with Gasteiger partial charge < -0.3 is 0 Å². The summed E-state index contributed by atoms with van der Waals surface area (Å²) in [6.45, 7) is 2.86. The number of benzene rings is 1. The molecule has 6 aromatic heterocycles. The van der Waals surface area contributed by atoms with Crippen molar-refractivity contribution in [3.8, 4) is 40.7 Å². The first-order valence-electron chi connectivity index (χ1n) is 16.8. The summed E-state index contributed by atoms with van der Waals surface area (Å²) in [7, 11) is -21.3. The van der Waals surface area contributed by atoms with Crippen LogP contribution in [0.3, 0.4) is 0 Å². The van der Waals surface area contributed by atoms with E-state index >= 15 is 0 Å². The number of pyridine rings is 5. The van der Waals surface area contributed by atoms with Gasteiger partial charge in [0.2, 0.25) is 0 Å². The molecule has 10 nitrogen and oxygen atoms in total. The molecule has 338 valence electrons. The van der Waals surface area contributed by atoms with E-state index in [0.717, 1.165) is 40.7 Å². The predicted octanol–water partition coefficient (Wildman–Crippen LogP) is 14.4. The van der Waals surface area contributed by atoms with Crippen molar-refractivity contribution >= 4 is 15.6 Å². The van der Waals surface area contributed by atoms with Crippen LogP contribution in [0, 0.1) is 22.7 Å². The average Bonchev–Trinajstić information content (AvgIpc) is 3.67. The number of nitriles is 2. The molecule has 0 aliphatic heterocycles. The summed E-state index contributed by atoms with van der Waals surface area (Å²) in [5.74, 6) is 0.782. The first-order valence-corrected chi connectivity index (χ1v) is 20.9. The van der Waals surface area contributed by atoms with E-state index in [1.807, 2.05) is 115 Å². The van der Waals surface area contributed by atoms with Crippen LogP contribution in [0.25, 0.3) is 28.6 Å². The Hall–Kier alpha value is -6.27. The molecule has 1 aromatic carbocycles. The number of nitrogens with zero attached hydrogens (tertiary/aromatic N) is 10. The van der Waals surface area contributed by atoms with Gasteiger partial charge in [-0.2, -0.15) is 10.5 Å². The van der Waals surface area contributed by atoms with E-state index in [1.54, 1.807) is 47.8 Å². The zero-order valence-electron chi connectivity index (χ0n) is 32.5. The van der Waals surface area contributed by atoms with E-state index in [0.29, 0.717) is 0 Å². The molecule has 6 heterocycles. The molecule has 0 amide bonds. The largest absolute Gasteiger partial charge is 2.00 e. The number of hydrogen-bond acceptors (Lipinski definition) is 9. The first kappa shape index (κ1) is 56.7. The Bertz CT molecular complexity index is 2190. The smallest absolute Gasteiger partial charge is 0.255 e. The summed E-state index contributed by atoms with van der Waals surface area (Å²) in [6, 6.07) is 42.6. The van der Waals surface area contributed by atoms with Gasteiger partial charge in [0.05, 0.1) is 46.8 Å². The van der Waals surface area contributed by atoms with Crippen molar-refractivity contribution in [2.24, 2.45) is 0 Å². The molecule has 25 heteroatoms. The maximum Gasteiger partial charge on any atom is 2.00 e. The molecule has 0 spiro atoms. The minimum Gasteiger partial charge on any atom is -0.255 e. The molecule has 0 bridgehead atoms. The second-order valence-corrected chi connectivity index (χ2v) is 15.1. The fourth-order valence-corrected chi connectivity index (χ4v) is 3.84. The Labute approximate surface area is 365 Å². The maximum atomic E-state index is 9.87. The van der Waals surface area contributed by atoms with E-state index in [4.69, 9.17) is 10.5 Å². The van der Waals surface area contributed by atoms with Crippen LogP contribution in [0.5, 0.6) is 0 Å². The predicted molar refractivity (Wildman–Crippen MR) is 213 cm³/mol. The second kappa shape index (κ2) is 23.8. The van der Waals surface area contributed by atoms with E-state index in [1.165, 1.54) is 19.4 Å². The topological polar surface area (TPSA) is 143 Å². The van der Waals surface area contributed by atoms with Crippen molar-refractivity contribution in [2.45, 2.75) is 20.3 Å². The minimum atomic E-state index is -10.7. The van der Waals surface area contributed by atoms with Crippen molar-refractivity contribution in [3.05, 3.63) is 170 Å². The zero-order valence-corrected chi connectivity index (χ0v) is 36.0. The molecule has 7 rings (SSSR count). The third-order valence-electron chi connectivity index (χ3n) is 5.84. The Morgan fingerprint density at radius 1 is 0.460 bits per heavy atom. The van der Waals surface area contributed by atoms with Gasteiger partial charge in [-0.05, 0) is 66.2 Å². The van der Waals surface area contributed by atoms with Gasteiger partial charge >= 0.3 is 85.5 Å². The zero-order chi connectivity index (χ0) is 46.9. The summed E-state index contributed by atoms with van der Waals surface area (Å²) in [5.41, 5.74) is 5.82. The molecule has 0 N–H and O–H groups in total. The molecule has 0 fully saturated rings. The Balaban J connectivity index is 0.000000766. The summed E-state index contributed by atoms with van der Waals surface area (Å²) in [6.07, 6.45) is 11.5. The monoisotopic (exact) mass is 1020 g/mol. The van der Waals surface area contributed by atoms with Gasteiger partial charge in [0.15, 0.2) is 5.82 Å². The van der Waals surface area contributed by atoms with E-state index in [-0.39, 0.29) is 19.5 Å². The fraction of sp³-hybridized carbons (Fsp3) is 0.0789. The summed E-state index contributed by atoms with van der Waals surface area (Å²) in [4.78, 5) is 21.0. The first-order chi connectivity index (χ1) is 28.6. The van der Waals surface area contributed by atoms with Crippen LogP contribution in [0.4, 0.5) is 50.4 Å². The Morgan fingerprint density at radius 3 is 1.02 bits per heavy atom. The van der Waals surface area contributed by atoms with Crippen LogP contribution in [-0.4, -0.2) is 39.9 Å². The van der Waals surface area contributed by atoms with Gasteiger partial charge in [0.25, 0.3) is 0 Å². The van der Waals surface area contributed by atoms with Gasteiger partial charge in [-0.1, -0.05) is 65.9 Å². The SMILES string of the molecule is CC#N.CC#N.F[P-](F)(F)(F)(F)F.F[P-](F)(F)(F)(F)F.[Ru+2].c1ccc(-c2ccccn2)nc1.c1ccc(-c2ccccn2)nc1.c1ccc(Cc2cn(-c3ccccn3)nn2)cc1. The molecule has 63 heavy (non-hydrogen) atoms. The second-order valence-electron chi connectivity index (χ2n) is 11.2. The number of halogens is 12. The normalized spacial score (nSPS) is 12.1. The average molecular weight is 1020 g/mol. The minimum absolute atomic E-state index is 0. The fourth-order valence-electron chi connectivity index (χ4n) is 3.84. The number of rotatable bonds is 5. The molecule has 0 saturated heterocycles. The van der Waals surface area contributed by atoms with E-state index in [9.17, 15) is 50.4 Å². The van der Waals surface area contributed by atoms with Crippen LogP contribution < -0.4 is 0 Å². The van der Waals surface area contributed by atoms with Crippen molar-refractivity contribution in [1.29, 1.82) is 10.5 Å². The number of aromatic nitrogens is 8. The summed E-state index contributed by atoms with van der Waals surface area (Å²) < 4.78 is 120. The third kappa shape index (κ3) is 36.1. The van der Waals surface area contributed by atoms with Gasteiger partial charge in [0, 0.05) is 51.3 Å². The Kier molecular flexibility index (Phi) is 21.4. The van der Waals surface area contributed by atoms with E-state index < -0.39 is 15.6 Å². The quantitative estimate of drug-likeness (QED) is 0.0935. The van der Waals surface area contributed by atoms with Crippen LogP contribution in [-0.2, 0) is 25.9 Å². The molecule has 0 aliphatic carbocycles. The van der Waals surface area contributed by atoms with Gasteiger partial charge in [0.1, 0.15) is 0 Å². The molecule has 0 atom stereocenters. The maximum absolute atomic E-state index is 10.7. The van der Waals surface area contributed by atoms with Crippen LogP contribution in [0.1, 0.15) is 25.1 Å². The molecule has 0 aliphatic rings. The van der Waals surface area contributed by atoms with Crippen LogP contribution in [0.15, 0.2) is 159 Å². The molecular weight excluding hydrogens is 987 g/mol. The standard InChI is InChI=1S/C14H12N4.2C10H8N2.2C2H3N.2F6P.Ru/c1-2-6-12(7-3-1)10-13-11-18(17-16-13)14-8-4-5-9-15-14;2*1-3-7-11-9(5-1)10-6-2-4-8-12-10;2*1-2-3;2*1-7(2,3,4,5)6;/h1-9,11H,10H2;2*1-8H;2*1H3;;;/q;;;;;2*-1;+2. The third-order valence-corrected chi connectivity index (χ3v) is 5.84. The Morgan fingerprint density at radius 2 is 0.746 bits per heavy atom. The van der Waals surface area contributed by atoms with Crippen molar-refractivity contribution in [1.82, 2.24) is 39.9 Å². The van der Waals surface area contributed by atoms with Crippen LogP contribution in [0.2, 0.25) is 0 Å². The molecular formula is C38H34F12N10P2Ru. The van der Waals surface area contributed by atoms with Crippen molar-refractivity contribution in [2.75, 3.05) is 0 Å². The number of hydrogen-bond donors (Lipinski definition) is 0. The van der Waals surface area contributed by atoms with Crippen molar-refractivity contribution < 1.29 is 69.8 Å². The van der Waals surface area contributed by atoms with E-state index in [2.05, 4.69) is 47.4 Å². The molecule has 0 unspecified atom stereocenters. The summed E-state index contributed by atoms with van der Waals surface area (Å²) in [5, 5.41) is 22.9. The molecule has 0 radical (unpaired) electrons. The van der Waals surface area contributed by atoms with Gasteiger partial charge in [-0.3, -0.25) is 19.9 Å². The van der Waals surface area contributed by atoms with Gasteiger partial charge in [-0.15, -0.1) is 5.10 Å². The van der Waals surface area contributed by atoms with Crippen molar-refractivity contribution in [3.63, 3.8) is 0 Å².